The number of carbonyl (C=O) groups is 1. The van der Waals surface area contributed by atoms with Crippen molar-refractivity contribution in [2.24, 2.45) is 5.10 Å². The normalized spacial score (nSPS) is 11.0. The van der Waals surface area contributed by atoms with Crippen LogP contribution in [0.3, 0.4) is 0 Å². The molecular weight excluding hydrogens is 320 g/mol. The van der Waals surface area contributed by atoms with E-state index in [2.05, 4.69) is 10.5 Å². The van der Waals surface area contributed by atoms with Crippen LogP contribution in [0.2, 0.25) is 0 Å². The lowest BCUT2D eigenvalue weighted by Crippen LogP contribution is -2.19. The molecule has 0 spiro atoms. The standard InChI is InChI=1S/C19H22N2O4/c1-13(9-14-7-5-6-8-18(14)25-4)20-21-19(22)15-10-16(23-2)12-17(11-15)24-3/h5-8,10-12H,9H2,1-4H3,(H,21,22)/b20-13-. The number of para-hydroxylation sites is 1. The summed E-state index contributed by atoms with van der Waals surface area (Å²) < 4.78 is 15.7. The quantitative estimate of drug-likeness (QED) is 0.620. The SMILES string of the molecule is COc1cc(OC)cc(C(=O)N/N=C(/C)Cc2ccccc2OC)c1. The summed E-state index contributed by atoms with van der Waals surface area (Å²) in [6, 6.07) is 12.7. The van der Waals surface area contributed by atoms with Crippen molar-refractivity contribution in [1.29, 1.82) is 0 Å². The van der Waals surface area contributed by atoms with Crippen molar-refractivity contribution in [1.82, 2.24) is 5.43 Å². The molecule has 1 N–H and O–H groups in total. The number of ether oxygens (including phenoxy) is 3. The Labute approximate surface area is 147 Å². The predicted octanol–water partition coefficient (Wildman–Crippen LogP) is 3.06. The van der Waals surface area contributed by atoms with Gasteiger partial charge in [-0.15, -0.1) is 0 Å². The Balaban J connectivity index is 2.08. The lowest BCUT2D eigenvalue weighted by molar-refractivity contribution is 0.0954. The minimum Gasteiger partial charge on any atom is -0.497 e. The van der Waals surface area contributed by atoms with Crippen molar-refractivity contribution in [2.75, 3.05) is 21.3 Å². The number of carbonyl (C=O) groups excluding carboxylic acids is 1. The van der Waals surface area contributed by atoms with Crippen molar-refractivity contribution < 1.29 is 19.0 Å². The molecule has 0 saturated heterocycles. The lowest BCUT2D eigenvalue weighted by atomic mass is 10.1. The molecule has 0 aromatic heterocycles. The first kappa shape index (κ1) is 18.3. The number of hydrazone groups is 1. The number of rotatable bonds is 7. The Morgan fingerprint density at radius 1 is 1.00 bits per heavy atom. The highest BCUT2D eigenvalue weighted by Crippen LogP contribution is 2.22. The van der Waals surface area contributed by atoms with Gasteiger partial charge in [0.15, 0.2) is 0 Å². The monoisotopic (exact) mass is 342 g/mol. The van der Waals surface area contributed by atoms with Gasteiger partial charge in [0.2, 0.25) is 0 Å². The summed E-state index contributed by atoms with van der Waals surface area (Å²) >= 11 is 0. The fourth-order valence-electron chi connectivity index (χ4n) is 2.31. The highest BCUT2D eigenvalue weighted by molar-refractivity contribution is 5.96. The molecule has 1 amide bonds. The van der Waals surface area contributed by atoms with Gasteiger partial charge in [-0.3, -0.25) is 4.79 Å². The number of hydrogen-bond acceptors (Lipinski definition) is 5. The van der Waals surface area contributed by atoms with Crippen LogP contribution in [-0.4, -0.2) is 32.9 Å². The second-order valence-corrected chi connectivity index (χ2v) is 5.38. The molecule has 0 unspecified atom stereocenters. The molecule has 2 aromatic rings. The first-order valence-electron chi connectivity index (χ1n) is 7.75. The minimum absolute atomic E-state index is 0.337. The van der Waals surface area contributed by atoms with Crippen molar-refractivity contribution in [3.05, 3.63) is 53.6 Å². The average molecular weight is 342 g/mol. The summed E-state index contributed by atoms with van der Waals surface area (Å²) in [6.07, 6.45) is 0.575. The van der Waals surface area contributed by atoms with Crippen LogP contribution < -0.4 is 19.6 Å². The Bertz CT molecular complexity index is 750. The number of benzene rings is 2. The fraction of sp³-hybridized carbons (Fsp3) is 0.263. The molecule has 0 heterocycles. The first-order chi connectivity index (χ1) is 12.1. The third-order valence-electron chi connectivity index (χ3n) is 3.60. The van der Waals surface area contributed by atoms with Crippen LogP contribution in [0.4, 0.5) is 0 Å². The molecule has 0 atom stereocenters. The van der Waals surface area contributed by atoms with Crippen LogP contribution in [0.5, 0.6) is 17.2 Å². The predicted molar refractivity (Wildman–Crippen MR) is 96.8 cm³/mol. The van der Waals surface area contributed by atoms with Crippen LogP contribution in [0, 0.1) is 0 Å². The fourth-order valence-corrected chi connectivity index (χ4v) is 2.31. The summed E-state index contributed by atoms with van der Waals surface area (Å²) in [5.41, 5.74) is 4.72. The molecule has 0 radical (unpaired) electrons. The molecule has 0 aliphatic heterocycles. The van der Waals surface area contributed by atoms with E-state index in [-0.39, 0.29) is 5.91 Å². The lowest BCUT2D eigenvalue weighted by Gasteiger charge is -2.09. The average Bonchev–Trinajstić information content (AvgIpc) is 2.65. The van der Waals surface area contributed by atoms with Crippen LogP contribution >= 0.6 is 0 Å². The number of methoxy groups -OCH3 is 3. The van der Waals surface area contributed by atoms with Crippen molar-refractivity contribution in [2.45, 2.75) is 13.3 Å². The highest BCUT2D eigenvalue weighted by atomic mass is 16.5. The van der Waals surface area contributed by atoms with Crippen molar-refractivity contribution in [3.8, 4) is 17.2 Å². The minimum atomic E-state index is -0.337. The Hall–Kier alpha value is -3.02. The molecule has 2 aromatic carbocycles. The Morgan fingerprint density at radius 3 is 2.24 bits per heavy atom. The van der Waals surface area contributed by atoms with Gasteiger partial charge >= 0.3 is 0 Å². The van der Waals surface area contributed by atoms with Crippen molar-refractivity contribution >= 4 is 11.6 Å². The molecule has 6 heteroatoms. The summed E-state index contributed by atoms with van der Waals surface area (Å²) in [7, 11) is 4.70. The zero-order valence-corrected chi connectivity index (χ0v) is 14.8. The number of nitrogens with zero attached hydrogens (tertiary/aromatic N) is 1. The molecule has 0 bridgehead atoms. The summed E-state index contributed by atoms with van der Waals surface area (Å²) in [5, 5.41) is 4.16. The topological polar surface area (TPSA) is 69.2 Å². The van der Waals surface area contributed by atoms with E-state index in [4.69, 9.17) is 14.2 Å². The molecule has 132 valence electrons. The smallest absolute Gasteiger partial charge is 0.271 e. The van der Waals surface area contributed by atoms with Crippen LogP contribution in [-0.2, 0) is 6.42 Å². The molecule has 0 saturated carbocycles. The van der Waals surface area contributed by atoms with Crippen LogP contribution in [0.15, 0.2) is 47.6 Å². The van der Waals surface area contributed by atoms with Crippen molar-refractivity contribution in [3.63, 3.8) is 0 Å². The van der Waals surface area contributed by atoms with E-state index in [0.717, 1.165) is 17.0 Å². The van der Waals surface area contributed by atoms with Crippen LogP contribution in [0.25, 0.3) is 0 Å². The third-order valence-corrected chi connectivity index (χ3v) is 3.60. The molecule has 0 aliphatic carbocycles. The molecule has 2 rings (SSSR count). The number of nitrogens with one attached hydrogen (secondary N) is 1. The van der Waals surface area contributed by atoms with Gasteiger partial charge < -0.3 is 14.2 Å². The summed E-state index contributed by atoms with van der Waals surface area (Å²) in [4.78, 5) is 12.3. The molecule has 6 nitrogen and oxygen atoms in total. The van der Waals surface area contributed by atoms with Gasteiger partial charge in [-0.25, -0.2) is 5.43 Å². The van der Waals surface area contributed by atoms with E-state index in [0.29, 0.717) is 23.5 Å². The summed E-state index contributed by atoms with van der Waals surface area (Å²) in [5.74, 6) is 1.54. The maximum Gasteiger partial charge on any atom is 0.271 e. The largest absolute Gasteiger partial charge is 0.497 e. The van der Waals surface area contributed by atoms with Gasteiger partial charge in [-0.2, -0.15) is 5.10 Å². The van der Waals surface area contributed by atoms with Crippen LogP contribution in [0.1, 0.15) is 22.8 Å². The zero-order valence-electron chi connectivity index (χ0n) is 14.8. The molecular formula is C19H22N2O4. The molecule has 0 aliphatic rings. The second kappa shape index (κ2) is 8.73. The van der Waals surface area contributed by atoms with Gasteiger partial charge in [0.05, 0.1) is 21.3 Å². The maximum absolute atomic E-state index is 12.3. The second-order valence-electron chi connectivity index (χ2n) is 5.38. The number of amides is 1. The zero-order chi connectivity index (χ0) is 18.2. The van der Waals surface area contributed by atoms with Gasteiger partial charge in [0.25, 0.3) is 5.91 Å². The number of hydrogen-bond donors (Lipinski definition) is 1. The van der Waals surface area contributed by atoms with Gasteiger partial charge in [-0.1, -0.05) is 18.2 Å². The highest BCUT2D eigenvalue weighted by Gasteiger charge is 2.10. The summed E-state index contributed by atoms with van der Waals surface area (Å²) in [6.45, 7) is 1.85. The third kappa shape index (κ3) is 4.97. The molecule has 25 heavy (non-hydrogen) atoms. The van der Waals surface area contributed by atoms with E-state index < -0.39 is 0 Å². The van der Waals surface area contributed by atoms with E-state index in [1.165, 1.54) is 14.2 Å². The van der Waals surface area contributed by atoms with Gasteiger partial charge in [-0.05, 0) is 30.7 Å². The maximum atomic E-state index is 12.3. The van der Waals surface area contributed by atoms with E-state index in [1.54, 1.807) is 25.3 Å². The first-order valence-corrected chi connectivity index (χ1v) is 7.75. The Morgan fingerprint density at radius 2 is 1.64 bits per heavy atom. The van der Waals surface area contributed by atoms with E-state index in [9.17, 15) is 4.79 Å². The van der Waals surface area contributed by atoms with E-state index in [1.807, 2.05) is 31.2 Å². The van der Waals surface area contributed by atoms with E-state index >= 15 is 0 Å². The van der Waals surface area contributed by atoms with Gasteiger partial charge in [0.1, 0.15) is 17.2 Å². The Kier molecular flexibility index (Phi) is 6.39. The molecule has 0 fully saturated rings. The van der Waals surface area contributed by atoms with Gasteiger partial charge in [0, 0.05) is 23.8 Å².